The van der Waals surface area contributed by atoms with E-state index in [-0.39, 0.29) is 11.8 Å². The minimum atomic E-state index is -0.188. The number of pyridine rings is 2. The van der Waals surface area contributed by atoms with Gasteiger partial charge in [-0.1, -0.05) is 6.92 Å². The molecule has 1 amide bonds. The van der Waals surface area contributed by atoms with E-state index >= 15 is 0 Å². The van der Waals surface area contributed by atoms with E-state index in [1.165, 1.54) is 10.9 Å². The van der Waals surface area contributed by atoms with Crippen LogP contribution in [0.2, 0.25) is 0 Å². The third-order valence-corrected chi connectivity index (χ3v) is 5.30. The number of anilines is 1. The molecule has 0 atom stereocenters. The minimum absolute atomic E-state index is 0.00237. The number of nitrogens with zero attached hydrogens (tertiary/aromatic N) is 3. The van der Waals surface area contributed by atoms with Gasteiger partial charge < -0.3 is 15.6 Å². The number of fused-ring (bicyclic) bond motifs is 1. The smallest absolute Gasteiger partial charge is 0.220 e. The fourth-order valence-electron chi connectivity index (χ4n) is 3.65. The van der Waals surface area contributed by atoms with Crippen molar-refractivity contribution in [1.82, 2.24) is 15.0 Å². The topological polar surface area (TPSA) is 87.9 Å². The van der Waals surface area contributed by atoms with Crippen LogP contribution >= 0.6 is 0 Å². The summed E-state index contributed by atoms with van der Waals surface area (Å²) in [6.45, 7) is 3.78. The first-order valence-electron chi connectivity index (χ1n) is 9.12. The summed E-state index contributed by atoms with van der Waals surface area (Å²) in [6, 6.07) is 6.30. The molecule has 1 fully saturated rings. The zero-order valence-electron chi connectivity index (χ0n) is 14.9. The van der Waals surface area contributed by atoms with Crippen molar-refractivity contribution >= 4 is 22.8 Å². The van der Waals surface area contributed by atoms with Gasteiger partial charge in [0.15, 0.2) is 0 Å². The van der Waals surface area contributed by atoms with Gasteiger partial charge in [0.2, 0.25) is 5.91 Å². The lowest BCUT2D eigenvalue weighted by molar-refractivity contribution is -0.122. The number of aryl methyl sites for hydroxylation is 1. The number of aromatic amines is 1. The highest BCUT2D eigenvalue weighted by Crippen LogP contribution is 2.27. The van der Waals surface area contributed by atoms with E-state index in [0.29, 0.717) is 0 Å². The number of carbonyl (C=O) groups excluding carboxylic acids is 1. The summed E-state index contributed by atoms with van der Waals surface area (Å²) in [7, 11) is 0. The number of H-pyrrole nitrogens is 1. The van der Waals surface area contributed by atoms with Gasteiger partial charge >= 0.3 is 0 Å². The van der Waals surface area contributed by atoms with E-state index in [9.17, 15) is 4.79 Å². The average molecular weight is 349 g/mol. The van der Waals surface area contributed by atoms with Crippen molar-refractivity contribution in [2.45, 2.75) is 26.2 Å². The van der Waals surface area contributed by atoms with E-state index < -0.39 is 0 Å². The van der Waals surface area contributed by atoms with Crippen LogP contribution in [0.1, 0.15) is 25.3 Å². The molecule has 0 radical (unpaired) electrons. The Balaban J connectivity index is 1.54. The van der Waals surface area contributed by atoms with Crippen LogP contribution in [0.25, 0.3) is 22.2 Å². The Bertz CT molecular complexity index is 923. The van der Waals surface area contributed by atoms with E-state index in [4.69, 9.17) is 5.73 Å². The molecular weight excluding hydrogens is 326 g/mol. The van der Waals surface area contributed by atoms with E-state index in [1.54, 1.807) is 0 Å². The highest BCUT2D eigenvalue weighted by atomic mass is 16.1. The summed E-state index contributed by atoms with van der Waals surface area (Å²) < 4.78 is 0. The molecule has 0 aromatic carbocycles. The van der Waals surface area contributed by atoms with Gasteiger partial charge in [-0.15, -0.1) is 0 Å². The van der Waals surface area contributed by atoms with Crippen molar-refractivity contribution in [2.24, 2.45) is 11.7 Å². The summed E-state index contributed by atoms with van der Waals surface area (Å²) >= 11 is 0. The minimum Gasteiger partial charge on any atom is -0.369 e. The number of piperidine rings is 1. The van der Waals surface area contributed by atoms with Crippen LogP contribution in [0.15, 0.2) is 36.8 Å². The molecule has 4 heterocycles. The molecule has 1 aliphatic rings. The highest BCUT2D eigenvalue weighted by molar-refractivity contribution is 5.84. The second-order valence-corrected chi connectivity index (χ2v) is 6.86. The number of carbonyl (C=O) groups is 1. The predicted molar refractivity (Wildman–Crippen MR) is 103 cm³/mol. The number of amides is 1. The number of primary amides is 1. The Morgan fingerprint density at radius 1 is 1.23 bits per heavy atom. The quantitative estimate of drug-likeness (QED) is 0.758. The third-order valence-electron chi connectivity index (χ3n) is 5.30. The number of hydrogen-bond donors (Lipinski definition) is 2. The summed E-state index contributed by atoms with van der Waals surface area (Å²) in [4.78, 5) is 25.9. The lowest BCUT2D eigenvalue weighted by Crippen LogP contribution is -2.38. The molecule has 3 aromatic rings. The maximum absolute atomic E-state index is 11.3. The van der Waals surface area contributed by atoms with Crippen molar-refractivity contribution in [1.29, 1.82) is 0 Å². The second kappa shape index (κ2) is 6.78. The Morgan fingerprint density at radius 3 is 2.65 bits per heavy atom. The molecule has 3 N–H and O–H groups in total. The van der Waals surface area contributed by atoms with Crippen molar-refractivity contribution in [3.8, 4) is 11.1 Å². The molecular formula is C20H23N5O. The Morgan fingerprint density at radius 2 is 2.00 bits per heavy atom. The van der Waals surface area contributed by atoms with E-state index in [0.717, 1.165) is 54.9 Å². The molecule has 0 aliphatic carbocycles. The zero-order valence-corrected chi connectivity index (χ0v) is 14.9. The Hall–Kier alpha value is -2.89. The van der Waals surface area contributed by atoms with Gasteiger partial charge in [0.05, 0.1) is 0 Å². The van der Waals surface area contributed by atoms with E-state index in [2.05, 4.69) is 38.9 Å². The number of rotatable bonds is 4. The Labute approximate surface area is 152 Å². The first-order valence-corrected chi connectivity index (χ1v) is 9.12. The molecule has 134 valence electrons. The SMILES string of the molecule is CCc1c[nH]c2ncc(-c3ccc(N4CCC(C(N)=O)CC4)nc3)cc12. The number of aromatic nitrogens is 3. The largest absolute Gasteiger partial charge is 0.369 e. The summed E-state index contributed by atoms with van der Waals surface area (Å²) in [5.74, 6) is 0.756. The molecule has 0 unspecified atom stereocenters. The van der Waals surface area contributed by atoms with Crippen LogP contribution in [0.4, 0.5) is 5.82 Å². The van der Waals surface area contributed by atoms with Crippen molar-refractivity contribution < 1.29 is 4.79 Å². The lowest BCUT2D eigenvalue weighted by Gasteiger charge is -2.31. The number of nitrogens with two attached hydrogens (primary N) is 1. The van der Waals surface area contributed by atoms with Gasteiger partial charge in [-0.05, 0) is 43.0 Å². The van der Waals surface area contributed by atoms with Crippen LogP contribution in [-0.4, -0.2) is 33.9 Å². The maximum Gasteiger partial charge on any atom is 0.220 e. The van der Waals surface area contributed by atoms with Gasteiger partial charge in [0, 0.05) is 54.1 Å². The standard InChI is InChI=1S/C20H23N5O/c1-2-13-10-23-20-17(13)9-16(12-24-20)15-3-4-18(22-11-15)25-7-5-14(6-8-25)19(21)26/h3-4,9-12,14H,2,5-8H2,1H3,(H2,21,26)(H,23,24). The van der Waals surface area contributed by atoms with E-state index in [1.807, 2.05) is 24.7 Å². The lowest BCUT2D eigenvalue weighted by atomic mass is 9.96. The van der Waals surface area contributed by atoms with Gasteiger partial charge in [0.25, 0.3) is 0 Å². The van der Waals surface area contributed by atoms with Crippen LogP contribution in [0.5, 0.6) is 0 Å². The molecule has 0 saturated carbocycles. The molecule has 6 nitrogen and oxygen atoms in total. The molecule has 1 aliphatic heterocycles. The molecule has 4 rings (SSSR count). The van der Waals surface area contributed by atoms with Crippen molar-refractivity contribution in [3.05, 3.63) is 42.4 Å². The normalized spacial score (nSPS) is 15.5. The molecule has 0 bridgehead atoms. The highest BCUT2D eigenvalue weighted by Gasteiger charge is 2.23. The van der Waals surface area contributed by atoms with Crippen LogP contribution in [-0.2, 0) is 11.2 Å². The number of nitrogens with one attached hydrogen (secondary N) is 1. The van der Waals surface area contributed by atoms with Crippen LogP contribution in [0, 0.1) is 5.92 Å². The van der Waals surface area contributed by atoms with Gasteiger partial charge in [-0.3, -0.25) is 4.79 Å². The van der Waals surface area contributed by atoms with Crippen LogP contribution in [0.3, 0.4) is 0 Å². The monoisotopic (exact) mass is 349 g/mol. The summed E-state index contributed by atoms with van der Waals surface area (Å²) in [6.07, 6.45) is 8.38. The van der Waals surface area contributed by atoms with Gasteiger partial charge in [-0.25, -0.2) is 9.97 Å². The van der Waals surface area contributed by atoms with Crippen molar-refractivity contribution in [2.75, 3.05) is 18.0 Å². The first-order chi connectivity index (χ1) is 12.7. The fourth-order valence-corrected chi connectivity index (χ4v) is 3.65. The van der Waals surface area contributed by atoms with Crippen LogP contribution < -0.4 is 10.6 Å². The van der Waals surface area contributed by atoms with Crippen molar-refractivity contribution in [3.63, 3.8) is 0 Å². The third kappa shape index (κ3) is 3.03. The van der Waals surface area contributed by atoms with Gasteiger partial charge in [-0.2, -0.15) is 0 Å². The van der Waals surface area contributed by atoms with Gasteiger partial charge in [0.1, 0.15) is 11.5 Å². The number of hydrogen-bond acceptors (Lipinski definition) is 4. The molecule has 6 heteroatoms. The maximum atomic E-state index is 11.3. The summed E-state index contributed by atoms with van der Waals surface area (Å²) in [5.41, 5.74) is 9.73. The predicted octanol–water partition coefficient (Wildman–Crippen LogP) is 2.89. The summed E-state index contributed by atoms with van der Waals surface area (Å²) in [5, 5.41) is 1.17. The molecule has 26 heavy (non-hydrogen) atoms. The molecule has 1 saturated heterocycles. The Kier molecular flexibility index (Phi) is 4.32. The second-order valence-electron chi connectivity index (χ2n) is 6.86. The molecule has 3 aromatic heterocycles. The zero-order chi connectivity index (χ0) is 18.1. The fraction of sp³-hybridized carbons (Fsp3) is 0.350. The first kappa shape index (κ1) is 16.6. The average Bonchev–Trinajstić information content (AvgIpc) is 3.10. The molecule has 0 spiro atoms.